The molecule has 2 aromatic rings. The van der Waals surface area contributed by atoms with Gasteiger partial charge in [0.2, 0.25) is 0 Å². The Labute approximate surface area is 112 Å². The summed E-state index contributed by atoms with van der Waals surface area (Å²) in [6.45, 7) is 3.83. The first kappa shape index (κ1) is 13.7. The summed E-state index contributed by atoms with van der Waals surface area (Å²) in [5.74, 6) is 0.0719. The predicted octanol–water partition coefficient (Wildman–Crippen LogP) is 1.89. The van der Waals surface area contributed by atoms with Crippen LogP contribution in [0.1, 0.15) is 24.1 Å². The molecule has 1 aromatic carbocycles. The maximum Gasteiger partial charge on any atom is 0.123 e. The molecule has 0 saturated heterocycles. The fourth-order valence-electron chi connectivity index (χ4n) is 2.10. The third-order valence-electron chi connectivity index (χ3n) is 3.09. The van der Waals surface area contributed by atoms with Crippen molar-refractivity contribution in [2.45, 2.75) is 19.3 Å². The topological polar surface area (TPSA) is 42.7 Å². The Bertz CT molecular complexity index is 506. The second kappa shape index (κ2) is 6.43. The molecule has 0 saturated carbocycles. The monoisotopic (exact) mass is 262 g/mol. The number of aryl methyl sites for hydroxylation is 1. The maximum absolute atomic E-state index is 13.0. The fraction of sp³-hybridized carbons (Fsp3) is 0.429. The van der Waals surface area contributed by atoms with Gasteiger partial charge in [0.1, 0.15) is 5.82 Å². The van der Waals surface area contributed by atoms with Crippen LogP contribution in [0, 0.1) is 5.82 Å². The van der Waals surface area contributed by atoms with Crippen LogP contribution in [0.25, 0.3) is 0 Å². The summed E-state index contributed by atoms with van der Waals surface area (Å²) >= 11 is 0. The third kappa shape index (κ3) is 3.86. The largest absolute Gasteiger partial charge is 0.316 e. The van der Waals surface area contributed by atoms with Crippen LogP contribution in [0.5, 0.6) is 0 Å². The Kier molecular flexibility index (Phi) is 4.63. The van der Waals surface area contributed by atoms with E-state index in [1.807, 2.05) is 25.4 Å². The number of likely N-dealkylation sites (N-methyl/N-ethyl adjacent to an activating group) is 1. The number of nitrogens with zero attached hydrogens (tertiary/aromatic N) is 3. The molecule has 0 bridgehead atoms. The molecule has 2 rings (SSSR count). The van der Waals surface area contributed by atoms with Crippen molar-refractivity contribution < 1.29 is 4.39 Å². The highest BCUT2D eigenvalue weighted by Gasteiger charge is 2.14. The van der Waals surface area contributed by atoms with Crippen LogP contribution >= 0.6 is 0 Å². The fourth-order valence-corrected chi connectivity index (χ4v) is 2.10. The lowest BCUT2D eigenvalue weighted by Crippen LogP contribution is -2.22. The highest BCUT2D eigenvalue weighted by Crippen LogP contribution is 2.19. The van der Waals surface area contributed by atoms with Gasteiger partial charge in [0.05, 0.1) is 5.69 Å². The van der Waals surface area contributed by atoms with E-state index >= 15 is 0 Å². The van der Waals surface area contributed by atoms with Gasteiger partial charge >= 0.3 is 0 Å². The summed E-state index contributed by atoms with van der Waals surface area (Å²) in [6, 6.07) is 6.69. The van der Waals surface area contributed by atoms with Crippen LogP contribution in [0.3, 0.4) is 0 Å². The van der Waals surface area contributed by atoms with E-state index in [1.54, 1.807) is 4.68 Å². The van der Waals surface area contributed by atoms with Gasteiger partial charge in [-0.2, -0.15) is 0 Å². The Morgan fingerprint density at radius 2 is 2.05 bits per heavy atom. The molecule has 0 fully saturated rings. The van der Waals surface area contributed by atoms with Gasteiger partial charge < -0.3 is 5.32 Å². The minimum Gasteiger partial charge on any atom is -0.316 e. The summed E-state index contributed by atoms with van der Waals surface area (Å²) in [4.78, 5) is 0. The number of halogens is 1. The van der Waals surface area contributed by atoms with Crippen LogP contribution in [-0.4, -0.2) is 28.1 Å². The normalized spacial score (nSPS) is 12.6. The van der Waals surface area contributed by atoms with Crippen molar-refractivity contribution in [2.75, 3.05) is 13.1 Å². The van der Waals surface area contributed by atoms with E-state index in [-0.39, 0.29) is 11.7 Å². The van der Waals surface area contributed by atoms with Gasteiger partial charge in [0, 0.05) is 32.1 Å². The Hall–Kier alpha value is -1.75. The average molecular weight is 262 g/mol. The van der Waals surface area contributed by atoms with Gasteiger partial charge in [-0.15, -0.1) is 5.10 Å². The van der Waals surface area contributed by atoms with E-state index in [4.69, 9.17) is 0 Å². The van der Waals surface area contributed by atoms with Crippen LogP contribution in [0.15, 0.2) is 30.5 Å². The lowest BCUT2D eigenvalue weighted by molar-refractivity contribution is 0.584. The molecule has 0 aliphatic heterocycles. The number of hydrogen-bond donors (Lipinski definition) is 1. The molecule has 1 atom stereocenters. The van der Waals surface area contributed by atoms with Gasteiger partial charge in [-0.1, -0.05) is 24.3 Å². The van der Waals surface area contributed by atoms with Crippen molar-refractivity contribution in [2.24, 2.45) is 7.05 Å². The zero-order valence-electron chi connectivity index (χ0n) is 11.3. The van der Waals surface area contributed by atoms with Gasteiger partial charge in [0.15, 0.2) is 0 Å². The van der Waals surface area contributed by atoms with Crippen LogP contribution in [0.2, 0.25) is 0 Å². The molecule has 5 heteroatoms. The molecule has 1 N–H and O–H groups in total. The Morgan fingerprint density at radius 3 is 2.63 bits per heavy atom. The van der Waals surface area contributed by atoms with Gasteiger partial charge in [-0.3, -0.25) is 4.68 Å². The highest BCUT2D eigenvalue weighted by molar-refractivity contribution is 5.22. The molecule has 1 unspecified atom stereocenters. The molecular formula is C14H19FN4. The molecule has 0 amide bonds. The second-order valence-corrected chi connectivity index (χ2v) is 4.64. The predicted molar refractivity (Wildman–Crippen MR) is 72.4 cm³/mol. The van der Waals surface area contributed by atoms with Crippen molar-refractivity contribution >= 4 is 0 Å². The van der Waals surface area contributed by atoms with E-state index < -0.39 is 0 Å². The zero-order chi connectivity index (χ0) is 13.7. The number of rotatable bonds is 6. The standard InChI is InChI=1S/C14H19FN4/c1-3-16-9-12(8-14-10-19(2)18-17-14)11-4-6-13(15)7-5-11/h4-7,10,12,16H,3,8-9H2,1-2H3. The van der Waals surface area contributed by atoms with Gasteiger partial charge in [0.25, 0.3) is 0 Å². The quantitative estimate of drug-likeness (QED) is 0.864. The molecule has 0 aliphatic carbocycles. The lowest BCUT2D eigenvalue weighted by Gasteiger charge is -2.16. The SMILES string of the molecule is CCNCC(Cc1cn(C)nn1)c1ccc(F)cc1. The first-order valence-electron chi connectivity index (χ1n) is 6.50. The number of nitrogens with one attached hydrogen (secondary N) is 1. The van der Waals surface area contributed by atoms with Crippen molar-refractivity contribution in [1.82, 2.24) is 20.3 Å². The summed E-state index contributed by atoms with van der Waals surface area (Å²) in [7, 11) is 1.85. The molecule has 4 nitrogen and oxygen atoms in total. The number of benzene rings is 1. The molecule has 102 valence electrons. The number of aromatic nitrogens is 3. The minimum atomic E-state index is -0.203. The summed E-state index contributed by atoms with van der Waals surface area (Å²) in [5, 5.41) is 11.4. The van der Waals surface area contributed by atoms with Crippen LogP contribution in [0.4, 0.5) is 4.39 Å². The molecule has 1 aromatic heterocycles. The van der Waals surface area contributed by atoms with Crippen molar-refractivity contribution in [3.05, 3.63) is 47.5 Å². The molecule has 0 radical (unpaired) electrons. The van der Waals surface area contributed by atoms with Crippen LogP contribution < -0.4 is 5.32 Å². The minimum absolute atomic E-state index is 0.203. The number of hydrogen-bond acceptors (Lipinski definition) is 3. The molecular weight excluding hydrogens is 243 g/mol. The summed E-state index contributed by atoms with van der Waals surface area (Å²) in [5.41, 5.74) is 2.07. The van der Waals surface area contributed by atoms with E-state index in [0.29, 0.717) is 0 Å². The van der Waals surface area contributed by atoms with Crippen molar-refractivity contribution in [1.29, 1.82) is 0 Å². The highest BCUT2D eigenvalue weighted by atomic mass is 19.1. The Balaban J connectivity index is 2.13. The smallest absolute Gasteiger partial charge is 0.123 e. The van der Waals surface area contributed by atoms with E-state index in [0.717, 1.165) is 30.8 Å². The summed E-state index contributed by atoms with van der Waals surface area (Å²) < 4.78 is 14.7. The zero-order valence-corrected chi connectivity index (χ0v) is 11.3. The first-order valence-corrected chi connectivity index (χ1v) is 6.50. The Morgan fingerprint density at radius 1 is 1.32 bits per heavy atom. The van der Waals surface area contributed by atoms with E-state index in [2.05, 4.69) is 22.6 Å². The van der Waals surface area contributed by atoms with Crippen molar-refractivity contribution in [3.8, 4) is 0 Å². The lowest BCUT2D eigenvalue weighted by atomic mass is 9.94. The van der Waals surface area contributed by atoms with E-state index in [9.17, 15) is 4.39 Å². The first-order chi connectivity index (χ1) is 9.19. The molecule has 1 heterocycles. The van der Waals surface area contributed by atoms with Crippen LogP contribution in [-0.2, 0) is 13.5 Å². The van der Waals surface area contributed by atoms with Gasteiger partial charge in [-0.25, -0.2) is 4.39 Å². The average Bonchev–Trinajstić information content (AvgIpc) is 2.81. The van der Waals surface area contributed by atoms with E-state index in [1.165, 1.54) is 12.1 Å². The molecule has 0 aliphatic rings. The summed E-state index contributed by atoms with van der Waals surface area (Å²) in [6.07, 6.45) is 2.72. The third-order valence-corrected chi connectivity index (χ3v) is 3.09. The molecule has 19 heavy (non-hydrogen) atoms. The molecule has 0 spiro atoms. The van der Waals surface area contributed by atoms with Crippen molar-refractivity contribution in [3.63, 3.8) is 0 Å². The van der Waals surface area contributed by atoms with Gasteiger partial charge in [-0.05, 0) is 24.2 Å². The second-order valence-electron chi connectivity index (χ2n) is 4.64. The maximum atomic E-state index is 13.0.